The Kier molecular flexibility index (Phi) is 4.93. The molecule has 2 aliphatic rings. The summed E-state index contributed by atoms with van der Waals surface area (Å²) in [6.07, 6.45) is 1.75. The zero-order valence-corrected chi connectivity index (χ0v) is 15.3. The molecule has 1 unspecified atom stereocenters. The maximum Gasteiger partial charge on any atom is 0.292 e. The molecule has 4 rings (SSSR count). The molecule has 0 saturated carbocycles. The number of aromatic amines is 1. The minimum Gasteiger partial charge on any atom is -0.378 e. The lowest BCUT2D eigenvalue weighted by Crippen LogP contribution is -2.39. The summed E-state index contributed by atoms with van der Waals surface area (Å²) in [5.41, 5.74) is 0.576. The molecule has 1 N–H and O–H groups in total. The normalized spacial score (nSPS) is 20.7. The van der Waals surface area contributed by atoms with Crippen LogP contribution < -0.4 is 10.5 Å². The summed E-state index contributed by atoms with van der Waals surface area (Å²) in [7, 11) is 0. The summed E-state index contributed by atoms with van der Waals surface area (Å²) in [5.74, 6) is 1.37. The minimum absolute atomic E-state index is 0.0466. The molecule has 27 heavy (non-hydrogen) atoms. The molecule has 0 aliphatic carbocycles. The largest absolute Gasteiger partial charge is 0.378 e. The highest BCUT2D eigenvalue weighted by atomic mass is 16.5. The van der Waals surface area contributed by atoms with Crippen molar-refractivity contribution in [3.63, 3.8) is 0 Å². The highest BCUT2D eigenvalue weighted by Gasteiger charge is 2.29. The fourth-order valence-electron chi connectivity index (χ4n) is 3.68. The highest BCUT2D eigenvalue weighted by Crippen LogP contribution is 2.26. The molecule has 1 atom stereocenters. The van der Waals surface area contributed by atoms with Gasteiger partial charge in [0.1, 0.15) is 5.82 Å². The number of carbonyl (C=O) groups is 1. The van der Waals surface area contributed by atoms with Crippen LogP contribution in [-0.4, -0.2) is 65.3 Å². The van der Waals surface area contributed by atoms with Gasteiger partial charge in [0.15, 0.2) is 5.82 Å². The molecular formula is C18H23N5O4. The molecule has 1 amide bonds. The second-order valence-corrected chi connectivity index (χ2v) is 6.99. The predicted octanol–water partition coefficient (Wildman–Crippen LogP) is 0.923. The molecule has 2 fully saturated rings. The van der Waals surface area contributed by atoms with Crippen LogP contribution in [0.15, 0.2) is 21.5 Å². The topological polar surface area (TPSA) is 105 Å². The fourth-order valence-corrected chi connectivity index (χ4v) is 3.68. The van der Waals surface area contributed by atoms with Crippen molar-refractivity contribution >= 4 is 11.7 Å². The summed E-state index contributed by atoms with van der Waals surface area (Å²) >= 11 is 0. The van der Waals surface area contributed by atoms with Crippen LogP contribution in [0.25, 0.3) is 0 Å². The molecular weight excluding hydrogens is 350 g/mol. The average Bonchev–Trinajstić information content (AvgIpc) is 3.18. The van der Waals surface area contributed by atoms with E-state index in [9.17, 15) is 9.59 Å². The maximum atomic E-state index is 12.9. The van der Waals surface area contributed by atoms with Gasteiger partial charge >= 0.3 is 0 Å². The monoisotopic (exact) mass is 373 g/mol. The predicted molar refractivity (Wildman–Crippen MR) is 97.0 cm³/mol. The number of nitrogens with one attached hydrogen (secondary N) is 1. The Morgan fingerprint density at radius 1 is 1.26 bits per heavy atom. The summed E-state index contributed by atoms with van der Waals surface area (Å²) in [4.78, 5) is 35.5. The average molecular weight is 373 g/mol. The number of H-pyrrole nitrogens is 1. The lowest BCUT2D eigenvalue weighted by atomic mass is 9.94. The van der Waals surface area contributed by atoms with Crippen molar-refractivity contribution in [2.75, 3.05) is 44.3 Å². The van der Waals surface area contributed by atoms with E-state index in [1.807, 2.05) is 4.90 Å². The van der Waals surface area contributed by atoms with E-state index in [2.05, 4.69) is 15.1 Å². The van der Waals surface area contributed by atoms with Gasteiger partial charge in [0, 0.05) is 44.2 Å². The number of nitrogens with zero attached hydrogens (tertiary/aromatic N) is 4. The SMILES string of the molecule is Cc1nc(C2CCCN(C(=O)c3cc(N4CCOCC4)no3)C2)cc(=O)[nH]1. The molecule has 0 bridgehead atoms. The number of rotatable bonds is 3. The van der Waals surface area contributed by atoms with E-state index in [1.165, 1.54) is 6.07 Å². The molecule has 9 nitrogen and oxygen atoms in total. The molecule has 2 saturated heterocycles. The van der Waals surface area contributed by atoms with Gasteiger partial charge in [0.05, 0.1) is 18.9 Å². The van der Waals surface area contributed by atoms with Crippen molar-refractivity contribution in [1.82, 2.24) is 20.0 Å². The highest BCUT2D eigenvalue weighted by molar-refractivity contribution is 5.92. The van der Waals surface area contributed by atoms with E-state index in [0.717, 1.165) is 31.6 Å². The van der Waals surface area contributed by atoms with Crippen molar-refractivity contribution < 1.29 is 14.1 Å². The Balaban J connectivity index is 1.47. The van der Waals surface area contributed by atoms with Crippen molar-refractivity contribution in [3.05, 3.63) is 39.8 Å². The molecule has 0 aromatic carbocycles. The van der Waals surface area contributed by atoms with Crippen LogP contribution in [-0.2, 0) is 4.74 Å². The van der Waals surface area contributed by atoms with E-state index < -0.39 is 0 Å². The molecule has 9 heteroatoms. The van der Waals surface area contributed by atoms with E-state index in [-0.39, 0.29) is 23.1 Å². The molecule has 0 spiro atoms. The van der Waals surface area contributed by atoms with Crippen molar-refractivity contribution in [2.24, 2.45) is 0 Å². The number of ether oxygens (including phenoxy) is 1. The first-order valence-corrected chi connectivity index (χ1v) is 9.27. The quantitative estimate of drug-likeness (QED) is 0.853. The summed E-state index contributed by atoms with van der Waals surface area (Å²) in [6, 6.07) is 3.23. The first-order chi connectivity index (χ1) is 13.1. The number of aromatic nitrogens is 3. The van der Waals surface area contributed by atoms with Gasteiger partial charge in [-0.05, 0) is 19.8 Å². The number of morpholine rings is 1. The smallest absolute Gasteiger partial charge is 0.292 e. The first kappa shape index (κ1) is 17.7. The van der Waals surface area contributed by atoms with E-state index in [1.54, 1.807) is 17.9 Å². The molecule has 0 radical (unpaired) electrons. The maximum absolute atomic E-state index is 12.9. The van der Waals surface area contributed by atoms with Gasteiger partial charge in [-0.3, -0.25) is 9.59 Å². The number of anilines is 1. The van der Waals surface area contributed by atoms with Gasteiger partial charge in [-0.1, -0.05) is 5.16 Å². The van der Waals surface area contributed by atoms with E-state index >= 15 is 0 Å². The number of carbonyl (C=O) groups excluding carboxylic acids is 1. The third-order valence-electron chi connectivity index (χ3n) is 5.05. The van der Waals surface area contributed by atoms with Crippen LogP contribution in [0.2, 0.25) is 0 Å². The standard InChI is InChI=1S/C18H23N5O4/c1-12-19-14(9-17(24)20-12)13-3-2-4-23(11-13)18(25)15-10-16(21-27-15)22-5-7-26-8-6-22/h9-10,13H,2-8,11H2,1H3,(H,19,20,24). The van der Waals surface area contributed by atoms with Crippen molar-refractivity contribution in [3.8, 4) is 0 Å². The van der Waals surface area contributed by atoms with Crippen LogP contribution in [0.3, 0.4) is 0 Å². The molecule has 4 heterocycles. The summed E-state index contributed by atoms with van der Waals surface area (Å²) in [5, 5.41) is 4.05. The van der Waals surface area contributed by atoms with E-state index in [4.69, 9.17) is 9.26 Å². The Labute approximate surface area is 156 Å². The van der Waals surface area contributed by atoms with Gasteiger partial charge in [-0.25, -0.2) is 4.98 Å². The second-order valence-electron chi connectivity index (χ2n) is 6.99. The minimum atomic E-state index is -0.173. The Morgan fingerprint density at radius 3 is 2.85 bits per heavy atom. The number of hydrogen-bond acceptors (Lipinski definition) is 7. The van der Waals surface area contributed by atoms with Crippen LogP contribution >= 0.6 is 0 Å². The van der Waals surface area contributed by atoms with Gasteiger partial charge in [-0.15, -0.1) is 0 Å². The zero-order valence-electron chi connectivity index (χ0n) is 15.3. The van der Waals surface area contributed by atoms with Crippen LogP contribution in [0.5, 0.6) is 0 Å². The number of piperidine rings is 1. The van der Waals surface area contributed by atoms with Gasteiger partial charge in [-0.2, -0.15) is 0 Å². The third kappa shape index (κ3) is 3.87. The first-order valence-electron chi connectivity index (χ1n) is 9.27. The number of hydrogen-bond donors (Lipinski definition) is 1. The second kappa shape index (κ2) is 7.51. The summed E-state index contributed by atoms with van der Waals surface area (Å²) in [6.45, 7) is 5.70. The number of aryl methyl sites for hydroxylation is 1. The molecule has 2 aromatic rings. The lowest BCUT2D eigenvalue weighted by Gasteiger charge is -2.31. The Hall–Kier alpha value is -2.68. The fraction of sp³-hybridized carbons (Fsp3) is 0.556. The van der Waals surface area contributed by atoms with Crippen molar-refractivity contribution in [1.29, 1.82) is 0 Å². The Bertz CT molecular complexity index is 871. The molecule has 2 aromatic heterocycles. The molecule has 2 aliphatic heterocycles. The third-order valence-corrected chi connectivity index (χ3v) is 5.05. The van der Waals surface area contributed by atoms with E-state index in [0.29, 0.717) is 37.9 Å². The van der Waals surface area contributed by atoms with Crippen LogP contribution in [0.4, 0.5) is 5.82 Å². The molecule has 144 valence electrons. The van der Waals surface area contributed by atoms with Gasteiger partial charge in [0.2, 0.25) is 5.76 Å². The van der Waals surface area contributed by atoms with Crippen molar-refractivity contribution in [2.45, 2.75) is 25.7 Å². The number of likely N-dealkylation sites (tertiary alicyclic amines) is 1. The lowest BCUT2D eigenvalue weighted by molar-refractivity contribution is 0.0663. The van der Waals surface area contributed by atoms with Crippen LogP contribution in [0, 0.1) is 6.92 Å². The van der Waals surface area contributed by atoms with Crippen LogP contribution in [0.1, 0.15) is 40.8 Å². The van der Waals surface area contributed by atoms with Gasteiger partial charge in [0.25, 0.3) is 11.5 Å². The Morgan fingerprint density at radius 2 is 2.07 bits per heavy atom. The number of amides is 1. The zero-order chi connectivity index (χ0) is 18.8. The van der Waals surface area contributed by atoms with Gasteiger partial charge < -0.3 is 24.0 Å². The summed E-state index contributed by atoms with van der Waals surface area (Å²) < 4.78 is 10.7.